The zero-order valence-electron chi connectivity index (χ0n) is 15.6. The molecule has 7 nitrogen and oxygen atoms in total. The van der Waals surface area contributed by atoms with Gasteiger partial charge < -0.3 is 19.9 Å². The summed E-state index contributed by atoms with van der Waals surface area (Å²) in [6, 6.07) is 7.35. The molecule has 0 saturated heterocycles. The predicted molar refractivity (Wildman–Crippen MR) is 106 cm³/mol. The van der Waals surface area contributed by atoms with E-state index < -0.39 is 0 Å². The molecule has 0 atom stereocenters. The number of hydrogen-bond donors (Lipinski definition) is 2. The Balaban J connectivity index is 1.45. The van der Waals surface area contributed by atoms with Crippen molar-refractivity contribution in [1.82, 2.24) is 20.8 Å². The molecule has 27 heavy (non-hydrogen) atoms. The van der Waals surface area contributed by atoms with Crippen molar-refractivity contribution in [2.45, 2.75) is 32.7 Å². The van der Waals surface area contributed by atoms with Crippen molar-refractivity contribution in [2.75, 3.05) is 26.3 Å². The van der Waals surface area contributed by atoms with Gasteiger partial charge in [0.15, 0.2) is 5.96 Å². The van der Waals surface area contributed by atoms with Gasteiger partial charge in [0, 0.05) is 36.9 Å². The fraction of sp³-hybridized carbons (Fsp3) is 0.526. The molecule has 0 bridgehead atoms. The van der Waals surface area contributed by atoms with Gasteiger partial charge in [-0.3, -0.25) is 0 Å². The van der Waals surface area contributed by atoms with Gasteiger partial charge >= 0.3 is 0 Å². The van der Waals surface area contributed by atoms with E-state index in [2.05, 4.69) is 25.8 Å². The van der Waals surface area contributed by atoms with Crippen LogP contribution < -0.4 is 10.6 Å². The number of hydrogen-bond acceptors (Lipinski definition) is 5. The molecule has 0 radical (unpaired) electrons. The summed E-state index contributed by atoms with van der Waals surface area (Å²) >= 11 is 6.00. The van der Waals surface area contributed by atoms with Gasteiger partial charge in [-0.2, -0.15) is 4.98 Å². The second-order valence-electron chi connectivity index (χ2n) is 6.52. The number of nitrogens with one attached hydrogen (secondary N) is 2. The minimum atomic E-state index is 0.307. The van der Waals surface area contributed by atoms with Gasteiger partial charge in [-0.1, -0.05) is 28.9 Å². The Bertz CT molecular complexity index is 745. The van der Waals surface area contributed by atoms with Crippen LogP contribution >= 0.6 is 11.6 Å². The van der Waals surface area contributed by atoms with E-state index in [0.717, 1.165) is 50.2 Å². The smallest absolute Gasteiger partial charge is 0.248 e. The van der Waals surface area contributed by atoms with Crippen LogP contribution in [0.5, 0.6) is 0 Å². The average molecular weight is 392 g/mol. The van der Waals surface area contributed by atoms with Crippen molar-refractivity contribution in [3.8, 4) is 11.4 Å². The van der Waals surface area contributed by atoms with E-state index >= 15 is 0 Å². The molecular weight excluding hydrogens is 366 g/mol. The fourth-order valence-electron chi connectivity index (χ4n) is 2.47. The van der Waals surface area contributed by atoms with E-state index in [0.29, 0.717) is 23.3 Å². The lowest BCUT2D eigenvalue weighted by atomic mass is 10.2. The maximum Gasteiger partial charge on any atom is 0.248 e. The molecule has 1 fully saturated rings. The third-order valence-electron chi connectivity index (χ3n) is 4.08. The van der Waals surface area contributed by atoms with Crippen molar-refractivity contribution in [3.63, 3.8) is 0 Å². The molecule has 0 amide bonds. The van der Waals surface area contributed by atoms with E-state index in [1.54, 1.807) is 6.07 Å². The van der Waals surface area contributed by atoms with Crippen molar-refractivity contribution in [2.24, 2.45) is 10.9 Å². The van der Waals surface area contributed by atoms with Gasteiger partial charge in [-0.25, -0.2) is 4.99 Å². The van der Waals surface area contributed by atoms with Crippen LogP contribution in [0.3, 0.4) is 0 Å². The zero-order valence-corrected chi connectivity index (χ0v) is 16.3. The maximum atomic E-state index is 6.00. The Morgan fingerprint density at radius 1 is 1.37 bits per heavy atom. The van der Waals surface area contributed by atoms with Crippen LogP contribution in [0, 0.1) is 5.92 Å². The second kappa shape index (κ2) is 10.3. The topological polar surface area (TPSA) is 84.6 Å². The lowest BCUT2D eigenvalue weighted by molar-refractivity contribution is 0.123. The minimum Gasteiger partial charge on any atom is -0.381 e. The van der Waals surface area contributed by atoms with Gasteiger partial charge in [-0.05, 0) is 44.2 Å². The molecule has 2 aromatic rings. The van der Waals surface area contributed by atoms with Crippen LogP contribution in [0.1, 0.15) is 32.1 Å². The molecule has 1 saturated carbocycles. The minimum absolute atomic E-state index is 0.307. The summed E-state index contributed by atoms with van der Waals surface area (Å²) in [6.45, 7) is 5.59. The third-order valence-corrected chi connectivity index (χ3v) is 4.31. The fourth-order valence-corrected chi connectivity index (χ4v) is 2.66. The summed E-state index contributed by atoms with van der Waals surface area (Å²) in [6.07, 6.45) is 3.59. The Morgan fingerprint density at radius 2 is 2.26 bits per heavy atom. The molecule has 0 unspecified atom stereocenters. The van der Waals surface area contributed by atoms with Gasteiger partial charge in [0.05, 0.1) is 0 Å². The van der Waals surface area contributed by atoms with E-state index in [1.807, 2.05) is 25.1 Å². The highest BCUT2D eigenvalue weighted by molar-refractivity contribution is 6.30. The van der Waals surface area contributed by atoms with Crippen LogP contribution in [-0.2, 0) is 11.3 Å². The van der Waals surface area contributed by atoms with Crippen molar-refractivity contribution < 1.29 is 9.26 Å². The number of ether oxygens (including phenoxy) is 1. The normalized spacial score (nSPS) is 14.4. The summed E-state index contributed by atoms with van der Waals surface area (Å²) in [5.74, 6) is 2.49. The molecule has 0 spiro atoms. The van der Waals surface area contributed by atoms with E-state index in [1.165, 1.54) is 12.8 Å². The number of aromatic nitrogens is 2. The molecule has 2 N–H and O–H groups in total. The third kappa shape index (κ3) is 6.84. The average Bonchev–Trinajstić information content (AvgIpc) is 3.37. The highest BCUT2D eigenvalue weighted by Gasteiger charge is 2.20. The summed E-state index contributed by atoms with van der Waals surface area (Å²) in [4.78, 5) is 8.87. The lowest BCUT2D eigenvalue weighted by Crippen LogP contribution is -2.38. The number of aliphatic imine (C=N–C) groups is 1. The van der Waals surface area contributed by atoms with Crippen LogP contribution in [0.4, 0.5) is 0 Å². The van der Waals surface area contributed by atoms with Gasteiger partial charge in [0.1, 0.15) is 6.54 Å². The molecule has 1 aliphatic carbocycles. The summed E-state index contributed by atoms with van der Waals surface area (Å²) in [5, 5.41) is 11.1. The maximum absolute atomic E-state index is 6.00. The highest BCUT2D eigenvalue weighted by Crippen LogP contribution is 2.28. The first-order chi connectivity index (χ1) is 13.2. The van der Waals surface area contributed by atoms with Crippen LogP contribution in [0.2, 0.25) is 5.02 Å². The standard InChI is InChI=1S/C19H26ClN5O2/c1-2-21-19(22-9-4-10-26-13-14-7-8-14)23-12-17-24-18(25-27-17)15-5-3-6-16(20)11-15/h3,5-6,11,14H,2,4,7-10,12-13H2,1H3,(H2,21,22,23). The van der Waals surface area contributed by atoms with Gasteiger partial charge in [0.25, 0.3) is 0 Å². The second-order valence-corrected chi connectivity index (χ2v) is 6.95. The quantitative estimate of drug-likeness (QED) is 0.367. The first kappa shape index (κ1) is 19.6. The number of halogens is 1. The predicted octanol–water partition coefficient (Wildman–Crippen LogP) is 3.26. The molecule has 0 aliphatic heterocycles. The van der Waals surface area contributed by atoms with Crippen molar-refractivity contribution in [3.05, 3.63) is 35.2 Å². The Hall–Kier alpha value is -2.12. The molecule has 1 aromatic heterocycles. The molecule has 8 heteroatoms. The molecule has 3 rings (SSSR count). The Morgan fingerprint density at radius 3 is 3.04 bits per heavy atom. The summed E-state index contributed by atoms with van der Waals surface area (Å²) < 4.78 is 10.9. The lowest BCUT2D eigenvalue weighted by Gasteiger charge is -2.10. The molecule has 1 heterocycles. The molecule has 146 valence electrons. The Labute approximate surface area is 164 Å². The number of rotatable bonds is 10. The molecule has 1 aliphatic rings. The van der Waals surface area contributed by atoms with E-state index in [9.17, 15) is 0 Å². The van der Waals surface area contributed by atoms with E-state index in [4.69, 9.17) is 20.9 Å². The number of nitrogens with zero attached hydrogens (tertiary/aromatic N) is 3. The Kier molecular flexibility index (Phi) is 7.47. The summed E-state index contributed by atoms with van der Waals surface area (Å²) in [7, 11) is 0. The largest absolute Gasteiger partial charge is 0.381 e. The van der Waals surface area contributed by atoms with Crippen LogP contribution in [0.25, 0.3) is 11.4 Å². The zero-order chi connectivity index (χ0) is 18.9. The van der Waals surface area contributed by atoms with Crippen LogP contribution in [-0.4, -0.2) is 42.4 Å². The molecule has 1 aromatic carbocycles. The first-order valence-corrected chi connectivity index (χ1v) is 9.81. The van der Waals surface area contributed by atoms with Crippen molar-refractivity contribution >= 4 is 17.6 Å². The number of benzene rings is 1. The molecular formula is C19H26ClN5O2. The van der Waals surface area contributed by atoms with Gasteiger partial charge in [0.2, 0.25) is 11.7 Å². The summed E-state index contributed by atoms with van der Waals surface area (Å²) in [5.41, 5.74) is 0.817. The van der Waals surface area contributed by atoms with Crippen molar-refractivity contribution in [1.29, 1.82) is 0 Å². The van der Waals surface area contributed by atoms with Crippen LogP contribution in [0.15, 0.2) is 33.8 Å². The van der Waals surface area contributed by atoms with Gasteiger partial charge in [-0.15, -0.1) is 0 Å². The highest BCUT2D eigenvalue weighted by atomic mass is 35.5. The first-order valence-electron chi connectivity index (χ1n) is 9.43. The number of guanidine groups is 1. The monoisotopic (exact) mass is 391 g/mol. The van der Waals surface area contributed by atoms with E-state index in [-0.39, 0.29) is 0 Å². The SMILES string of the molecule is CCNC(=NCc1nc(-c2cccc(Cl)c2)no1)NCCCOCC1CC1.